The Labute approximate surface area is 304 Å². The fraction of sp³-hybridized carbons (Fsp3) is 0.946. The highest BCUT2D eigenvalue weighted by molar-refractivity contribution is 5.90. The molecular weight excluding hydrogens is 666 g/mol. The first-order valence-corrected chi connectivity index (χ1v) is 18.5. The van der Waals surface area contributed by atoms with Crippen molar-refractivity contribution in [2.45, 2.75) is 179 Å². The molecule has 3 aliphatic heterocycles. The van der Waals surface area contributed by atoms with Crippen molar-refractivity contribution in [2.75, 3.05) is 21.2 Å². The first-order valence-electron chi connectivity index (χ1n) is 18.5. The molecule has 3 fully saturated rings. The van der Waals surface area contributed by atoms with Crippen LogP contribution in [0.4, 0.5) is 0 Å². The summed E-state index contributed by atoms with van der Waals surface area (Å²) in [4.78, 5) is 29.7. The lowest BCUT2D eigenvalue weighted by molar-refractivity contribution is -0.318. The van der Waals surface area contributed by atoms with Crippen molar-refractivity contribution in [1.82, 2.24) is 4.90 Å². The molecule has 14 heteroatoms. The average Bonchev–Trinajstić information content (AvgIpc) is 3.05. The van der Waals surface area contributed by atoms with Gasteiger partial charge in [0.05, 0.1) is 47.6 Å². The zero-order valence-corrected chi connectivity index (χ0v) is 32.9. The molecule has 0 aliphatic carbocycles. The van der Waals surface area contributed by atoms with Crippen molar-refractivity contribution in [3.63, 3.8) is 0 Å². The molecule has 0 aromatic rings. The Kier molecular flexibility index (Phi) is 14.7. The van der Waals surface area contributed by atoms with Gasteiger partial charge in [0.2, 0.25) is 0 Å². The predicted molar refractivity (Wildman–Crippen MR) is 186 cm³/mol. The standard InChI is InChI=1S/C37H67NO13/c1-14-25-37(10,45)30(41)20(4)27(39)18(2)16-35(8,44)32(51-34-28(40)24(38(11)12)15-19(3)47-34)21(5)29(22(6)33(43)49-25)50-26-17-36(9,46-13)31(42)23(7)48-26/h18-29,31-32,34,39-40,42,44-45H,14-17H2,1-13H3. The number of carbonyl (C=O) groups excluding carboxylic acids is 2. The van der Waals surface area contributed by atoms with Crippen LogP contribution >= 0.6 is 0 Å². The number of hydrogen-bond acceptors (Lipinski definition) is 14. The second-order valence-corrected chi connectivity index (χ2v) is 16.5. The Balaban J connectivity index is 2.18. The van der Waals surface area contributed by atoms with Gasteiger partial charge in [-0.1, -0.05) is 27.7 Å². The fourth-order valence-electron chi connectivity index (χ4n) is 8.41. The van der Waals surface area contributed by atoms with Gasteiger partial charge in [-0.2, -0.15) is 0 Å². The summed E-state index contributed by atoms with van der Waals surface area (Å²) in [5, 5.41) is 57.7. The molecule has 0 radical (unpaired) electrons. The van der Waals surface area contributed by atoms with Crippen LogP contribution in [-0.4, -0.2) is 148 Å². The predicted octanol–water partition coefficient (Wildman–Crippen LogP) is 1.79. The van der Waals surface area contributed by atoms with E-state index in [1.54, 1.807) is 48.5 Å². The van der Waals surface area contributed by atoms with Gasteiger partial charge < -0.3 is 58.9 Å². The number of carbonyl (C=O) groups is 2. The smallest absolute Gasteiger partial charge is 0.311 e. The van der Waals surface area contributed by atoms with E-state index in [2.05, 4.69) is 0 Å². The van der Waals surface area contributed by atoms with E-state index in [-0.39, 0.29) is 31.4 Å². The van der Waals surface area contributed by atoms with Crippen molar-refractivity contribution < 1.29 is 63.5 Å². The molecule has 3 aliphatic rings. The maximum atomic E-state index is 14.1. The molecule has 3 heterocycles. The second-order valence-electron chi connectivity index (χ2n) is 16.5. The summed E-state index contributed by atoms with van der Waals surface area (Å²) in [5.41, 5.74) is -4.94. The number of methoxy groups -OCH3 is 1. The van der Waals surface area contributed by atoms with Crippen molar-refractivity contribution in [3.8, 4) is 0 Å². The second kappa shape index (κ2) is 17.0. The van der Waals surface area contributed by atoms with Crippen LogP contribution in [0, 0.1) is 23.7 Å². The van der Waals surface area contributed by atoms with E-state index in [0.717, 1.165) is 0 Å². The Bertz CT molecular complexity index is 1170. The Morgan fingerprint density at radius 1 is 0.882 bits per heavy atom. The number of ketones is 1. The minimum atomic E-state index is -2.13. The maximum absolute atomic E-state index is 14.1. The molecule has 0 saturated carbocycles. The van der Waals surface area contributed by atoms with Crippen LogP contribution in [0.2, 0.25) is 0 Å². The molecular formula is C37H67NO13. The number of likely N-dealkylation sites (N-methyl/N-ethyl adjacent to an activating group) is 1. The normalized spacial score (nSPS) is 49.7. The van der Waals surface area contributed by atoms with Gasteiger partial charge in [0.25, 0.3) is 0 Å². The number of aliphatic hydroxyl groups excluding tert-OH is 3. The van der Waals surface area contributed by atoms with Crippen LogP contribution in [0.5, 0.6) is 0 Å². The van der Waals surface area contributed by atoms with Gasteiger partial charge in [-0.15, -0.1) is 0 Å². The molecule has 3 rings (SSSR count). The molecule has 18 atom stereocenters. The van der Waals surface area contributed by atoms with Crippen LogP contribution in [0.15, 0.2) is 0 Å². The van der Waals surface area contributed by atoms with Gasteiger partial charge in [0, 0.05) is 31.4 Å². The minimum Gasteiger partial charge on any atom is -0.459 e. The zero-order chi connectivity index (χ0) is 39.0. The molecule has 18 unspecified atom stereocenters. The third kappa shape index (κ3) is 9.51. The summed E-state index contributed by atoms with van der Waals surface area (Å²) in [5.74, 6) is -5.16. The number of Topliss-reactive ketones (excluding diaryl/α,β-unsaturated/α-hetero) is 1. The number of cyclic esters (lactones) is 1. The lowest BCUT2D eigenvalue weighted by Crippen LogP contribution is -2.61. The summed E-state index contributed by atoms with van der Waals surface area (Å²) in [6.07, 6.45) is -9.39. The minimum absolute atomic E-state index is 0.0773. The quantitative estimate of drug-likeness (QED) is 0.238. The first kappa shape index (κ1) is 44.1. The largest absolute Gasteiger partial charge is 0.459 e. The fourth-order valence-corrected chi connectivity index (χ4v) is 8.41. The first-order chi connectivity index (χ1) is 23.4. The molecule has 0 aromatic carbocycles. The average molecular weight is 734 g/mol. The number of rotatable bonds is 7. The van der Waals surface area contributed by atoms with Gasteiger partial charge in [-0.25, -0.2) is 0 Å². The summed E-state index contributed by atoms with van der Waals surface area (Å²) >= 11 is 0. The van der Waals surface area contributed by atoms with Gasteiger partial charge >= 0.3 is 5.97 Å². The molecule has 0 bridgehead atoms. The van der Waals surface area contributed by atoms with Crippen molar-refractivity contribution in [3.05, 3.63) is 0 Å². The molecule has 0 amide bonds. The summed E-state index contributed by atoms with van der Waals surface area (Å²) in [7, 11) is 5.18. The van der Waals surface area contributed by atoms with Gasteiger partial charge in [-0.05, 0) is 80.8 Å². The third-order valence-electron chi connectivity index (χ3n) is 11.8. The Morgan fingerprint density at radius 3 is 2.04 bits per heavy atom. The number of nitrogens with zero attached hydrogens (tertiary/aromatic N) is 1. The number of esters is 1. The molecule has 298 valence electrons. The van der Waals surface area contributed by atoms with Crippen molar-refractivity contribution in [1.29, 1.82) is 0 Å². The lowest BCUT2D eigenvalue weighted by atomic mass is 9.74. The topological polar surface area (TPSA) is 194 Å². The lowest BCUT2D eigenvalue weighted by Gasteiger charge is -2.49. The van der Waals surface area contributed by atoms with E-state index < -0.39 is 108 Å². The van der Waals surface area contributed by atoms with Crippen LogP contribution in [0.25, 0.3) is 0 Å². The van der Waals surface area contributed by atoms with Crippen LogP contribution in [0.3, 0.4) is 0 Å². The number of aliphatic hydroxyl groups is 5. The van der Waals surface area contributed by atoms with E-state index in [1.165, 1.54) is 21.0 Å². The van der Waals surface area contributed by atoms with Crippen LogP contribution in [-0.2, 0) is 38.0 Å². The third-order valence-corrected chi connectivity index (χ3v) is 11.8. The summed E-state index contributed by atoms with van der Waals surface area (Å²) in [6.45, 7) is 16.3. The summed E-state index contributed by atoms with van der Waals surface area (Å²) < 4.78 is 37.0. The molecule has 5 N–H and O–H groups in total. The highest BCUT2D eigenvalue weighted by Gasteiger charge is 2.53. The maximum Gasteiger partial charge on any atom is 0.311 e. The monoisotopic (exact) mass is 733 g/mol. The SMILES string of the molecule is CCC1OC(=O)C(C)C(OC2CC(C)(OC)C(O)C(C)O2)C(C)C(OC2OC(C)CC(N(C)C)C2O)C(C)(O)CC(C)C(O)C(C)C(=O)C1(C)O. The molecule has 0 spiro atoms. The van der Waals surface area contributed by atoms with Gasteiger partial charge in [-0.3, -0.25) is 9.59 Å². The number of ether oxygens (including phenoxy) is 6. The van der Waals surface area contributed by atoms with Gasteiger partial charge in [0.15, 0.2) is 24.0 Å². The Hall–Kier alpha value is -1.30. The molecule has 3 saturated heterocycles. The molecule has 0 aromatic heterocycles. The summed E-state index contributed by atoms with van der Waals surface area (Å²) in [6, 6.07) is -0.319. The highest BCUT2D eigenvalue weighted by atomic mass is 16.7. The van der Waals surface area contributed by atoms with Crippen molar-refractivity contribution in [2.24, 2.45) is 23.7 Å². The van der Waals surface area contributed by atoms with E-state index in [0.29, 0.717) is 6.42 Å². The van der Waals surface area contributed by atoms with Crippen molar-refractivity contribution >= 4 is 11.8 Å². The Morgan fingerprint density at radius 2 is 1.49 bits per heavy atom. The van der Waals surface area contributed by atoms with E-state index in [9.17, 15) is 35.1 Å². The molecule has 14 nitrogen and oxygen atoms in total. The van der Waals surface area contributed by atoms with E-state index in [1.807, 2.05) is 25.9 Å². The van der Waals surface area contributed by atoms with Crippen LogP contribution in [0.1, 0.15) is 94.9 Å². The van der Waals surface area contributed by atoms with Gasteiger partial charge in [0.1, 0.15) is 18.3 Å². The molecule has 51 heavy (non-hydrogen) atoms. The van der Waals surface area contributed by atoms with E-state index >= 15 is 0 Å². The van der Waals surface area contributed by atoms with E-state index in [4.69, 9.17) is 28.4 Å². The van der Waals surface area contributed by atoms with Crippen LogP contribution < -0.4 is 0 Å². The highest BCUT2D eigenvalue weighted by Crippen LogP contribution is 2.41. The number of hydrogen-bond donors (Lipinski definition) is 5. The zero-order valence-electron chi connectivity index (χ0n) is 32.9.